The van der Waals surface area contributed by atoms with Crippen molar-refractivity contribution in [3.05, 3.63) is 65.2 Å². The number of fused-ring (bicyclic) bond motifs is 1. The van der Waals surface area contributed by atoms with Crippen LogP contribution in [0.5, 0.6) is 5.75 Å². The number of alkyl halides is 3. The third-order valence-corrected chi connectivity index (χ3v) is 6.14. The van der Waals surface area contributed by atoms with Crippen molar-refractivity contribution in [3.8, 4) is 5.75 Å². The molecule has 212 valence electrons. The topological polar surface area (TPSA) is 121 Å². The van der Waals surface area contributed by atoms with Crippen LogP contribution in [0.25, 0.3) is 0 Å². The Morgan fingerprint density at radius 3 is 2.51 bits per heavy atom. The maximum Gasteiger partial charge on any atom is 0.416 e. The highest BCUT2D eigenvalue weighted by atomic mass is 19.4. The van der Waals surface area contributed by atoms with Gasteiger partial charge >= 0.3 is 6.18 Å². The van der Waals surface area contributed by atoms with E-state index in [2.05, 4.69) is 26.6 Å². The quantitative estimate of drug-likeness (QED) is 0.391. The fraction of sp³-hybridized carbons (Fsp3) is 0.444. The van der Waals surface area contributed by atoms with Crippen molar-refractivity contribution < 1.29 is 32.3 Å². The number of rotatable bonds is 4. The molecule has 9 nitrogen and oxygen atoms in total. The molecular weight excluding hydrogens is 515 g/mol. The summed E-state index contributed by atoms with van der Waals surface area (Å²) in [7, 11) is 1.65. The van der Waals surface area contributed by atoms with E-state index < -0.39 is 42.2 Å². The number of hydrogen-bond donors (Lipinski definition) is 5. The van der Waals surface area contributed by atoms with Gasteiger partial charge in [0.2, 0.25) is 17.7 Å². The molecule has 1 aliphatic rings. The molecule has 39 heavy (non-hydrogen) atoms. The first-order chi connectivity index (χ1) is 18.7. The van der Waals surface area contributed by atoms with Gasteiger partial charge in [0.05, 0.1) is 18.2 Å². The van der Waals surface area contributed by atoms with Gasteiger partial charge < -0.3 is 31.3 Å². The van der Waals surface area contributed by atoms with Crippen LogP contribution in [0, 0.1) is 0 Å². The molecule has 0 spiro atoms. The van der Waals surface area contributed by atoms with Crippen molar-refractivity contribution >= 4 is 17.7 Å². The Balaban J connectivity index is 1.78. The molecule has 3 amide bonds. The van der Waals surface area contributed by atoms with E-state index in [1.807, 2.05) is 24.3 Å². The monoisotopic (exact) mass is 549 g/mol. The second kappa shape index (κ2) is 14.5. The van der Waals surface area contributed by atoms with Crippen LogP contribution in [0.15, 0.2) is 48.5 Å². The molecule has 3 rings (SSSR count). The van der Waals surface area contributed by atoms with E-state index in [0.717, 1.165) is 17.7 Å². The Labute approximate surface area is 225 Å². The summed E-state index contributed by atoms with van der Waals surface area (Å²) in [6.45, 7) is 0.613. The molecule has 5 N–H and O–H groups in total. The second-order valence-corrected chi connectivity index (χ2v) is 9.16. The molecule has 12 heteroatoms. The Kier molecular flexibility index (Phi) is 11.1. The lowest BCUT2D eigenvalue weighted by Crippen LogP contribution is -2.54. The Hall–Kier alpha value is -3.64. The molecular formula is C27H34F3N5O4. The summed E-state index contributed by atoms with van der Waals surface area (Å²) in [6, 6.07) is 10.5. The van der Waals surface area contributed by atoms with Gasteiger partial charge in [-0.15, -0.1) is 0 Å². The van der Waals surface area contributed by atoms with Crippen LogP contribution >= 0.6 is 0 Å². The highest BCUT2D eigenvalue weighted by Crippen LogP contribution is 2.29. The first-order valence-electron chi connectivity index (χ1n) is 12.8. The third-order valence-electron chi connectivity index (χ3n) is 6.14. The average molecular weight is 550 g/mol. The van der Waals surface area contributed by atoms with E-state index in [-0.39, 0.29) is 32.0 Å². The minimum absolute atomic E-state index is 0.0429. The zero-order valence-electron chi connectivity index (χ0n) is 21.7. The van der Waals surface area contributed by atoms with Crippen LogP contribution in [0.1, 0.15) is 23.1 Å². The molecule has 2 aromatic carbocycles. The predicted molar refractivity (Wildman–Crippen MR) is 139 cm³/mol. The lowest BCUT2D eigenvalue weighted by atomic mass is 10.0. The van der Waals surface area contributed by atoms with Gasteiger partial charge in [-0.2, -0.15) is 13.2 Å². The lowest BCUT2D eigenvalue weighted by Gasteiger charge is -2.21. The molecule has 0 saturated carbocycles. The SMILES string of the molecule is CNC[C@@H]1NC(=O)CNC(=O)[C@@H](Cc2cccc(C(F)(F)F)c2)NCCOc2ccccc2CCCNC1=O. The Bertz CT molecular complexity index is 1130. The van der Waals surface area contributed by atoms with E-state index in [9.17, 15) is 27.6 Å². The molecule has 0 radical (unpaired) electrons. The van der Waals surface area contributed by atoms with Gasteiger partial charge in [0.15, 0.2) is 0 Å². The number of aryl methyl sites for hydroxylation is 1. The predicted octanol–water partition coefficient (Wildman–Crippen LogP) is 1.17. The fourth-order valence-corrected chi connectivity index (χ4v) is 4.18. The summed E-state index contributed by atoms with van der Waals surface area (Å²) in [5.74, 6) is -0.835. The van der Waals surface area contributed by atoms with Crippen LogP contribution in [-0.2, 0) is 33.4 Å². The number of benzene rings is 2. The standard InChI is InChI=1S/C27H34F3N5O4/c1-31-16-22-26(38)33-11-5-8-19-7-2-3-10-23(19)39-13-12-32-21(25(37)34-17-24(36)35-22)15-18-6-4-9-20(14-18)27(28,29)30/h2-4,6-7,9-10,14,21-22,31-32H,5,8,11-13,15-17H2,1H3,(H,33,38)(H,34,37)(H,35,36)/t21-,22+/m1/s1. The van der Waals surface area contributed by atoms with Gasteiger partial charge in [0, 0.05) is 19.6 Å². The average Bonchev–Trinajstić information content (AvgIpc) is 2.91. The molecule has 2 aromatic rings. The number of amides is 3. The molecule has 1 heterocycles. The zero-order valence-corrected chi connectivity index (χ0v) is 21.7. The van der Waals surface area contributed by atoms with E-state index in [0.29, 0.717) is 30.7 Å². The van der Waals surface area contributed by atoms with Gasteiger partial charge in [-0.25, -0.2) is 0 Å². The molecule has 0 aromatic heterocycles. The number of hydrogen-bond acceptors (Lipinski definition) is 6. The normalized spacial score (nSPS) is 20.4. The summed E-state index contributed by atoms with van der Waals surface area (Å²) in [4.78, 5) is 38.1. The molecule has 2 atom stereocenters. The first-order valence-corrected chi connectivity index (χ1v) is 12.8. The largest absolute Gasteiger partial charge is 0.492 e. The van der Waals surface area contributed by atoms with Gasteiger partial charge in [0.1, 0.15) is 18.4 Å². The zero-order chi connectivity index (χ0) is 28.3. The summed E-state index contributed by atoms with van der Waals surface area (Å²) in [6.07, 6.45) is -3.26. The number of likely N-dealkylation sites (N-methyl/N-ethyl adjacent to an activating group) is 1. The number of nitrogens with one attached hydrogen (secondary N) is 5. The molecule has 0 saturated heterocycles. The van der Waals surface area contributed by atoms with Gasteiger partial charge in [-0.3, -0.25) is 14.4 Å². The highest BCUT2D eigenvalue weighted by Gasteiger charge is 2.31. The van der Waals surface area contributed by atoms with Crippen LogP contribution in [0.4, 0.5) is 13.2 Å². The number of para-hydroxylation sites is 1. The number of carbonyl (C=O) groups excluding carboxylic acids is 3. The molecule has 0 aliphatic carbocycles. The van der Waals surface area contributed by atoms with Crippen LogP contribution in [0.3, 0.4) is 0 Å². The van der Waals surface area contributed by atoms with Gasteiger partial charge in [-0.1, -0.05) is 36.4 Å². The van der Waals surface area contributed by atoms with Crippen molar-refractivity contribution in [1.82, 2.24) is 26.6 Å². The highest BCUT2D eigenvalue weighted by molar-refractivity contribution is 5.91. The summed E-state index contributed by atoms with van der Waals surface area (Å²) < 4.78 is 45.5. The summed E-state index contributed by atoms with van der Waals surface area (Å²) in [5, 5.41) is 13.8. The molecule has 1 aliphatic heterocycles. The van der Waals surface area contributed by atoms with Crippen molar-refractivity contribution in [2.45, 2.75) is 37.5 Å². The van der Waals surface area contributed by atoms with Crippen molar-refractivity contribution in [3.63, 3.8) is 0 Å². The molecule has 0 unspecified atom stereocenters. The minimum atomic E-state index is -4.51. The van der Waals surface area contributed by atoms with Crippen LogP contribution in [0.2, 0.25) is 0 Å². The first kappa shape index (κ1) is 29.9. The second-order valence-electron chi connectivity index (χ2n) is 9.16. The van der Waals surface area contributed by atoms with E-state index >= 15 is 0 Å². The van der Waals surface area contributed by atoms with E-state index in [4.69, 9.17) is 4.74 Å². The summed E-state index contributed by atoms with van der Waals surface area (Å²) >= 11 is 0. The fourth-order valence-electron chi connectivity index (χ4n) is 4.18. The number of ether oxygens (including phenoxy) is 1. The maximum atomic E-state index is 13.2. The van der Waals surface area contributed by atoms with Crippen LogP contribution < -0.4 is 31.3 Å². The third kappa shape index (κ3) is 9.56. The van der Waals surface area contributed by atoms with Crippen molar-refractivity contribution in [2.24, 2.45) is 0 Å². The number of carbonyl (C=O) groups is 3. The Morgan fingerprint density at radius 1 is 0.974 bits per heavy atom. The van der Waals surface area contributed by atoms with E-state index in [1.54, 1.807) is 7.05 Å². The lowest BCUT2D eigenvalue weighted by molar-refractivity contribution is -0.137. The van der Waals surface area contributed by atoms with Crippen molar-refractivity contribution in [2.75, 3.05) is 39.8 Å². The van der Waals surface area contributed by atoms with E-state index in [1.165, 1.54) is 12.1 Å². The smallest absolute Gasteiger partial charge is 0.416 e. The molecule has 0 fully saturated rings. The van der Waals surface area contributed by atoms with Crippen LogP contribution in [-0.4, -0.2) is 69.6 Å². The Morgan fingerprint density at radius 2 is 1.74 bits per heavy atom. The van der Waals surface area contributed by atoms with Crippen molar-refractivity contribution in [1.29, 1.82) is 0 Å². The minimum Gasteiger partial charge on any atom is -0.492 e. The van der Waals surface area contributed by atoms with Gasteiger partial charge in [0.25, 0.3) is 0 Å². The molecule has 0 bridgehead atoms. The summed E-state index contributed by atoms with van der Waals surface area (Å²) in [5.41, 5.74) is 0.445. The maximum absolute atomic E-state index is 13.2. The number of halogens is 3. The van der Waals surface area contributed by atoms with Gasteiger partial charge in [-0.05, 0) is 49.6 Å².